The summed E-state index contributed by atoms with van der Waals surface area (Å²) in [5.41, 5.74) is 2.97. The second-order valence-corrected chi connectivity index (χ2v) is 9.66. The molecule has 6 nitrogen and oxygen atoms in total. The van der Waals surface area contributed by atoms with Gasteiger partial charge in [-0.25, -0.2) is 4.39 Å². The normalized spacial score (nSPS) is 16.3. The van der Waals surface area contributed by atoms with E-state index in [1.807, 2.05) is 6.92 Å². The highest BCUT2D eigenvalue weighted by Gasteiger charge is 2.34. The topological polar surface area (TPSA) is 73.0 Å². The minimum Gasteiger partial charge on any atom is -0.360 e. The molecule has 3 aromatic rings. The van der Waals surface area contributed by atoms with Crippen LogP contribution in [-0.2, 0) is 19.4 Å². The Kier molecular flexibility index (Phi) is 5.64. The number of rotatable bonds is 4. The molecular weight excluding hydrogens is 419 g/mol. The summed E-state index contributed by atoms with van der Waals surface area (Å²) >= 11 is 6.13. The lowest BCUT2D eigenvalue weighted by atomic mass is 9.71. The van der Waals surface area contributed by atoms with Crippen LogP contribution in [0.5, 0.6) is 0 Å². The van der Waals surface area contributed by atoms with Crippen molar-refractivity contribution >= 4 is 23.3 Å². The average molecular weight is 445 g/mol. The number of amides is 1. The van der Waals surface area contributed by atoms with Gasteiger partial charge in [-0.15, -0.1) is 0 Å². The quantitative estimate of drug-likeness (QED) is 0.582. The molecular formula is C23H26ClFN4O2. The summed E-state index contributed by atoms with van der Waals surface area (Å²) in [6.45, 7) is 8.91. The molecule has 0 radical (unpaired) electrons. The SMILES string of the molecule is Cc1cc(NC(=O)c2noc3c2CC(C(C)(C)C)CC3)nn1Cc1ccc(F)cc1Cl. The first-order chi connectivity index (χ1) is 14.6. The van der Waals surface area contributed by atoms with E-state index in [4.69, 9.17) is 16.1 Å². The van der Waals surface area contributed by atoms with Crippen molar-refractivity contribution in [3.05, 3.63) is 63.4 Å². The second kappa shape index (κ2) is 8.11. The first-order valence-corrected chi connectivity index (χ1v) is 10.8. The molecule has 2 aromatic heterocycles. The maximum Gasteiger partial charge on any atom is 0.279 e. The maximum absolute atomic E-state index is 13.3. The molecule has 1 N–H and O–H groups in total. The zero-order chi connectivity index (χ0) is 22.3. The summed E-state index contributed by atoms with van der Waals surface area (Å²) < 4.78 is 20.5. The number of aryl methyl sites for hydroxylation is 2. The van der Waals surface area contributed by atoms with Gasteiger partial charge in [0.15, 0.2) is 11.5 Å². The highest BCUT2D eigenvalue weighted by molar-refractivity contribution is 6.31. The number of hydrogen-bond acceptors (Lipinski definition) is 4. The Morgan fingerprint density at radius 2 is 2.13 bits per heavy atom. The van der Waals surface area contributed by atoms with Crippen LogP contribution in [0.15, 0.2) is 28.8 Å². The van der Waals surface area contributed by atoms with Gasteiger partial charge in [-0.05, 0) is 48.8 Å². The van der Waals surface area contributed by atoms with E-state index in [9.17, 15) is 9.18 Å². The molecule has 1 unspecified atom stereocenters. The number of carbonyl (C=O) groups is 1. The first kappa shape index (κ1) is 21.6. The van der Waals surface area contributed by atoms with Gasteiger partial charge >= 0.3 is 0 Å². The molecule has 1 atom stereocenters. The van der Waals surface area contributed by atoms with Gasteiger partial charge in [-0.1, -0.05) is 43.6 Å². The predicted molar refractivity (Wildman–Crippen MR) is 117 cm³/mol. The van der Waals surface area contributed by atoms with E-state index in [0.29, 0.717) is 29.0 Å². The number of aromatic nitrogens is 3. The fraction of sp³-hybridized carbons (Fsp3) is 0.435. The van der Waals surface area contributed by atoms with Crippen LogP contribution in [0.4, 0.5) is 10.2 Å². The third kappa shape index (κ3) is 4.51. The molecule has 2 heterocycles. The molecule has 0 saturated carbocycles. The van der Waals surface area contributed by atoms with Crippen molar-refractivity contribution < 1.29 is 13.7 Å². The first-order valence-electron chi connectivity index (χ1n) is 10.4. The van der Waals surface area contributed by atoms with Crippen molar-refractivity contribution in [2.75, 3.05) is 5.32 Å². The van der Waals surface area contributed by atoms with E-state index in [-0.39, 0.29) is 17.1 Å². The molecule has 1 aliphatic rings. The van der Waals surface area contributed by atoms with Crippen LogP contribution in [0, 0.1) is 24.1 Å². The molecule has 0 bridgehead atoms. The molecule has 4 rings (SSSR count). The largest absolute Gasteiger partial charge is 0.360 e. The third-order valence-corrected chi connectivity index (χ3v) is 6.39. The van der Waals surface area contributed by atoms with E-state index >= 15 is 0 Å². The molecule has 164 valence electrons. The maximum atomic E-state index is 13.3. The van der Waals surface area contributed by atoms with Gasteiger partial charge in [0.1, 0.15) is 11.6 Å². The number of anilines is 1. The van der Waals surface area contributed by atoms with Gasteiger partial charge in [0.05, 0.1) is 6.54 Å². The zero-order valence-corrected chi connectivity index (χ0v) is 18.9. The van der Waals surface area contributed by atoms with Crippen LogP contribution >= 0.6 is 11.6 Å². The zero-order valence-electron chi connectivity index (χ0n) is 18.1. The lowest BCUT2D eigenvalue weighted by Crippen LogP contribution is -2.27. The minimum atomic E-state index is -0.386. The lowest BCUT2D eigenvalue weighted by molar-refractivity contribution is 0.101. The molecule has 0 spiro atoms. The van der Waals surface area contributed by atoms with Crippen LogP contribution in [-0.4, -0.2) is 20.8 Å². The van der Waals surface area contributed by atoms with Crippen molar-refractivity contribution in [3.8, 4) is 0 Å². The fourth-order valence-corrected chi connectivity index (χ4v) is 4.27. The number of carbonyl (C=O) groups excluding carboxylic acids is 1. The monoisotopic (exact) mass is 444 g/mol. The molecule has 1 aromatic carbocycles. The Balaban J connectivity index is 1.51. The molecule has 31 heavy (non-hydrogen) atoms. The Morgan fingerprint density at radius 1 is 1.35 bits per heavy atom. The molecule has 8 heteroatoms. The molecule has 0 saturated heterocycles. The number of halogens is 2. The molecule has 1 amide bonds. The van der Waals surface area contributed by atoms with Crippen LogP contribution in [0.1, 0.15) is 60.3 Å². The highest BCUT2D eigenvalue weighted by Crippen LogP contribution is 2.38. The second-order valence-electron chi connectivity index (χ2n) is 9.26. The van der Waals surface area contributed by atoms with Crippen LogP contribution in [0.25, 0.3) is 0 Å². The van der Waals surface area contributed by atoms with E-state index in [2.05, 4.69) is 36.3 Å². The van der Waals surface area contributed by atoms with Gasteiger partial charge in [0.2, 0.25) is 0 Å². The predicted octanol–water partition coefficient (Wildman–Crippen LogP) is 5.42. The Labute approximate surface area is 185 Å². The van der Waals surface area contributed by atoms with Gasteiger partial charge in [-0.3, -0.25) is 9.48 Å². The number of benzene rings is 1. The minimum absolute atomic E-state index is 0.153. The third-order valence-electron chi connectivity index (χ3n) is 6.04. The summed E-state index contributed by atoms with van der Waals surface area (Å²) in [7, 11) is 0. The smallest absolute Gasteiger partial charge is 0.279 e. The summed E-state index contributed by atoms with van der Waals surface area (Å²) in [5.74, 6) is 0.972. The average Bonchev–Trinajstić information content (AvgIpc) is 3.26. The number of fused-ring (bicyclic) bond motifs is 1. The number of hydrogen-bond donors (Lipinski definition) is 1. The van der Waals surface area contributed by atoms with Crippen LogP contribution < -0.4 is 5.32 Å². The summed E-state index contributed by atoms with van der Waals surface area (Å²) in [6.07, 6.45) is 2.60. The molecule has 0 aliphatic heterocycles. The van der Waals surface area contributed by atoms with Crippen molar-refractivity contribution in [2.24, 2.45) is 11.3 Å². The van der Waals surface area contributed by atoms with Crippen LogP contribution in [0.2, 0.25) is 5.02 Å². The summed E-state index contributed by atoms with van der Waals surface area (Å²) in [5, 5.41) is 11.7. The van der Waals surface area contributed by atoms with E-state index in [0.717, 1.165) is 41.8 Å². The van der Waals surface area contributed by atoms with Crippen molar-refractivity contribution in [3.63, 3.8) is 0 Å². The standard InChI is InChI=1S/C23H26ClFN4O2/c1-13-9-20(27-29(13)12-14-5-7-16(25)11-18(14)24)26-22(30)21-17-10-15(23(2,3)4)6-8-19(17)31-28-21/h5,7,9,11,15H,6,8,10,12H2,1-4H3,(H,26,27,30). The fourth-order valence-electron chi connectivity index (χ4n) is 4.04. The number of nitrogens with zero attached hydrogens (tertiary/aromatic N) is 3. The Bertz CT molecular complexity index is 1130. The van der Waals surface area contributed by atoms with E-state index in [1.165, 1.54) is 12.1 Å². The Hall–Kier alpha value is -2.67. The molecule has 0 fully saturated rings. The van der Waals surface area contributed by atoms with Gasteiger partial charge in [0.25, 0.3) is 5.91 Å². The lowest BCUT2D eigenvalue weighted by Gasteiger charge is -2.33. The van der Waals surface area contributed by atoms with E-state index < -0.39 is 0 Å². The summed E-state index contributed by atoms with van der Waals surface area (Å²) in [6, 6.07) is 6.04. The van der Waals surface area contributed by atoms with Gasteiger partial charge in [-0.2, -0.15) is 5.10 Å². The van der Waals surface area contributed by atoms with Crippen molar-refractivity contribution in [1.82, 2.24) is 14.9 Å². The van der Waals surface area contributed by atoms with Crippen LogP contribution in [0.3, 0.4) is 0 Å². The summed E-state index contributed by atoms with van der Waals surface area (Å²) in [4.78, 5) is 12.9. The van der Waals surface area contributed by atoms with Crippen molar-refractivity contribution in [1.29, 1.82) is 0 Å². The van der Waals surface area contributed by atoms with E-state index in [1.54, 1.807) is 16.8 Å². The molecule has 1 aliphatic carbocycles. The Morgan fingerprint density at radius 3 is 2.84 bits per heavy atom. The number of nitrogens with one attached hydrogen (secondary N) is 1. The van der Waals surface area contributed by atoms with Gasteiger partial charge in [0, 0.05) is 28.8 Å². The van der Waals surface area contributed by atoms with Crippen molar-refractivity contribution in [2.45, 2.75) is 53.5 Å². The highest BCUT2D eigenvalue weighted by atomic mass is 35.5. The van der Waals surface area contributed by atoms with Gasteiger partial charge < -0.3 is 9.84 Å².